The van der Waals surface area contributed by atoms with Crippen LogP contribution in [0.15, 0.2) is 76.4 Å². The number of aromatic nitrogens is 2. The molecule has 3 aromatic rings. The lowest BCUT2D eigenvalue weighted by Gasteiger charge is -2.43. The van der Waals surface area contributed by atoms with Crippen molar-refractivity contribution in [3.05, 3.63) is 93.3 Å². The van der Waals surface area contributed by atoms with E-state index in [9.17, 15) is 14.9 Å². The van der Waals surface area contributed by atoms with Crippen LogP contribution in [0.5, 0.6) is 0 Å². The number of hydrogen-bond donors (Lipinski definition) is 1. The van der Waals surface area contributed by atoms with Crippen LogP contribution in [0.2, 0.25) is 5.04 Å². The van der Waals surface area contributed by atoms with E-state index in [0.717, 1.165) is 10.4 Å². The second-order valence-electron chi connectivity index (χ2n) is 10.4. The van der Waals surface area contributed by atoms with Gasteiger partial charge < -0.3 is 13.9 Å². The fraction of sp³-hybridized carbons (Fsp3) is 0.393. The third kappa shape index (κ3) is 5.62. The fourth-order valence-electron chi connectivity index (χ4n) is 5.12. The Bertz CT molecular complexity index is 1360. The summed E-state index contributed by atoms with van der Waals surface area (Å²) in [7, 11) is -2.85. The Balaban J connectivity index is 1.72. The van der Waals surface area contributed by atoms with E-state index in [1.54, 1.807) is 6.92 Å². The van der Waals surface area contributed by atoms with Crippen LogP contribution in [0.1, 0.15) is 39.0 Å². The van der Waals surface area contributed by atoms with Crippen molar-refractivity contribution >= 4 is 34.6 Å². The Kier molecular flexibility index (Phi) is 8.54. The molecule has 1 aliphatic rings. The van der Waals surface area contributed by atoms with E-state index in [2.05, 4.69) is 66.0 Å². The Morgan fingerprint density at radius 3 is 2.24 bits per heavy atom. The number of aromatic amines is 1. The summed E-state index contributed by atoms with van der Waals surface area (Å²) in [5, 5.41) is 10.5. The number of nitrogens with one attached hydrogen (secondary N) is 1. The number of halogens is 1. The van der Waals surface area contributed by atoms with E-state index in [0.29, 0.717) is 12.0 Å². The molecule has 4 rings (SSSR count). The van der Waals surface area contributed by atoms with Crippen molar-refractivity contribution in [2.75, 3.05) is 6.61 Å². The molecule has 1 aliphatic heterocycles. The first-order chi connectivity index (χ1) is 18.1. The smallest absolute Gasteiger partial charge is 0.330 e. The van der Waals surface area contributed by atoms with Gasteiger partial charge in [0.05, 0.1) is 12.7 Å². The van der Waals surface area contributed by atoms with Gasteiger partial charge in [-0.05, 0) is 38.3 Å². The number of ether oxygens (including phenoxy) is 2. The van der Waals surface area contributed by atoms with Crippen molar-refractivity contribution in [3.63, 3.8) is 0 Å². The maximum atomic E-state index is 12.6. The summed E-state index contributed by atoms with van der Waals surface area (Å²) in [6.45, 7) is 8.40. The molecule has 2 heterocycles. The second-order valence-corrected chi connectivity index (χ2v) is 15.6. The zero-order valence-corrected chi connectivity index (χ0v) is 24.5. The molecule has 1 saturated heterocycles. The van der Waals surface area contributed by atoms with Crippen LogP contribution in [-0.2, 0) is 13.9 Å². The average molecular weight is 599 g/mol. The van der Waals surface area contributed by atoms with E-state index >= 15 is 0 Å². The van der Waals surface area contributed by atoms with Crippen LogP contribution >= 0.6 is 15.9 Å². The molecular formula is C28H32BrN3O5Si. The summed E-state index contributed by atoms with van der Waals surface area (Å²) in [6, 6.07) is 22.6. The number of nitriles is 1. The molecular weight excluding hydrogens is 566 g/mol. The van der Waals surface area contributed by atoms with Gasteiger partial charge in [-0.25, -0.2) is 4.79 Å². The van der Waals surface area contributed by atoms with Gasteiger partial charge in [-0.3, -0.25) is 14.3 Å². The molecule has 38 heavy (non-hydrogen) atoms. The van der Waals surface area contributed by atoms with Crippen molar-refractivity contribution in [2.24, 2.45) is 0 Å². The molecule has 2 aromatic carbocycles. The highest BCUT2D eigenvalue weighted by atomic mass is 79.9. The highest BCUT2D eigenvalue weighted by molar-refractivity contribution is 9.09. The van der Waals surface area contributed by atoms with Gasteiger partial charge in [0.1, 0.15) is 18.4 Å². The fourth-order valence-corrected chi connectivity index (χ4v) is 9.96. The van der Waals surface area contributed by atoms with Crippen molar-refractivity contribution in [1.82, 2.24) is 9.55 Å². The number of hydrogen-bond acceptors (Lipinski definition) is 6. The Hall–Kier alpha value is -2.81. The molecule has 0 aliphatic carbocycles. The molecule has 0 bridgehead atoms. The molecule has 0 radical (unpaired) electrons. The molecule has 1 aromatic heterocycles. The number of H-pyrrole nitrogens is 1. The normalized spacial score (nSPS) is 20.7. The Labute approximate surface area is 231 Å². The SMILES string of the molecule is Cc1cn([C@H]2C[C@@H](OC(Br)C#N)[C@@H](CO[Si](c3ccccc3)(c3ccccc3)C(C)(C)C)O2)c(=O)[nH]c1=O. The van der Waals surface area contributed by atoms with Crippen molar-refractivity contribution in [2.45, 2.75) is 62.6 Å². The zero-order chi connectivity index (χ0) is 27.5. The number of nitrogens with zero attached hydrogens (tertiary/aromatic N) is 2. The maximum Gasteiger partial charge on any atom is 0.330 e. The van der Waals surface area contributed by atoms with Gasteiger partial charge in [-0.1, -0.05) is 81.4 Å². The third-order valence-corrected chi connectivity index (χ3v) is 12.3. The van der Waals surface area contributed by atoms with Crippen LogP contribution < -0.4 is 21.6 Å². The van der Waals surface area contributed by atoms with Gasteiger partial charge in [0.15, 0.2) is 5.01 Å². The highest BCUT2D eigenvalue weighted by Gasteiger charge is 2.51. The summed E-state index contributed by atoms with van der Waals surface area (Å²) in [5.74, 6) is 0. The summed E-state index contributed by atoms with van der Waals surface area (Å²) in [4.78, 5) is 26.8. The molecule has 10 heteroatoms. The minimum absolute atomic E-state index is 0.191. The van der Waals surface area contributed by atoms with Gasteiger partial charge in [0, 0.05) is 18.2 Å². The standard InChI is InChI=1S/C28H32BrN3O5Si/c1-19-17-32(27(34)31-26(19)33)25-15-22(36-24(29)16-30)23(37-25)18-35-38(28(2,3)4,20-11-7-5-8-12-20)21-13-9-6-10-14-21/h5-14,17,22-25H,15,18H2,1-4H3,(H,31,33,34)/t22-,23-,24?,25-/m1/s1. The molecule has 0 saturated carbocycles. The average Bonchev–Trinajstić information content (AvgIpc) is 3.29. The minimum atomic E-state index is -2.85. The van der Waals surface area contributed by atoms with Gasteiger partial charge >= 0.3 is 5.69 Å². The van der Waals surface area contributed by atoms with Crippen LogP contribution in [0, 0.1) is 18.3 Å². The zero-order valence-electron chi connectivity index (χ0n) is 21.9. The van der Waals surface area contributed by atoms with Crippen LogP contribution in [0.4, 0.5) is 0 Å². The first kappa shape index (κ1) is 28.2. The van der Waals surface area contributed by atoms with Gasteiger partial charge in [0.2, 0.25) is 0 Å². The lowest BCUT2D eigenvalue weighted by Crippen LogP contribution is -2.67. The third-order valence-electron chi connectivity index (χ3n) is 6.91. The topological polar surface area (TPSA) is 106 Å². The van der Waals surface area contributed by atoms with E-state index in [1.807, 2.05) is 42.5 Å². The lowest BCUT2D eigenvalue weighted by molar-refractivity contribution is -0.0575. The Morgan fingerprint density at radius 2 is 1.71 bits per heavy atom. The molecule has 1 N–H and O–H groups in total. The predicted molar refractivity (Wildman–Crippen MR) is 151 cm³/mol. The molecule has 1 fully saturated rings. The van der Waals surface area contributed by atoms with E-state index in [1.165, 1.54) is 10.8 Å². The number of benzene rings is 2. The largest absolute Gasteiger partial charge is 0.405 e. The van der Waals surface area contributed by atoms with Crippen molar-refractivity contribution in [3.8, 4) is 6.07 Å². The van der Waals surface area contributed by atoms with E-state index in [4.69, 9.17) is 13.9 Å². The summed E-state index contributed by atoms with van der Waals surface area (Å²) >= 11 is 3.23. The first-order valence-corrected chi connectivity index (χ1v) is 15.3. The molecule has 4 atom stereocenters. The monoisotopic (exact) mass is 597 g/mol. The van der Waals surface area contributed by atoms with Crippen LogP contribution in [0.25, 0.3) is 0 Å². The molecule has 8 nitrogen and oxygen atoms in total. The molecule has 1 unspecified atom stereocenters. The van der Waals surface area contributed by atoms with Gasteiger partial charge in [0.25, 0.3) is 13.9 Å². The second kappa shape index (κ2) is 11.5. The lowest BCUT2D eigenvalue weighted by atomic mass is 10.2. The number of rotatable bonds is 8. The summed E-state index contributed by atoms with van der Waals surface area (Å²) < 4.78 is 20.7. The predicted octanol–water partition coefficient (Wildman–Crippen LogP) is 3.34. The van der Waals surface area contributed by atoms with E-state index in [-0.39, 0.29) is 11.6 Å². The van der Waals surface area contributed by atoms with Gasteiger partial charge in [-0.2, -0.15) is 5.26 Å². The quantitative estimate of drug-likeness (QED) is 0.315. The molecule has 0 spiro atoms. The minimum Gasteiger partial charge on any atom is -0.405 e. The summed E-state index contributed by atoms with van der Waals surface area (Å²) in [5.41, 5.74) is -0.602. The first-order valence-electron chi connectivity index (χ1n) is 12.5. The molecule has 0 amide bonds. The summed E-state index contributed by atoms with van der Waals surface area (Å²) in [6.07, 6.45) is 0.0263. The van der Waals surface area contributed by atoms with Crippen LogP contribution in [0.3, 0.4) is 0 Å². The number of aryl methyl sites for hydroxylation is 1. The van der Waals surface area contributed by atoms with E-state index < -0.39 is 43.0 Å². The highest BCUT2D eigenvalue weighted by Crippen LogP contribution is 2.38. The Morgan fingerprint density at radius 1 is 1.13 bits per heavy atom. The molecule has 200 valence electrons. The maximum absolute atomic E-state index is 12.6. The van der Waals surface area contributed by atoms with Gasteiger partial charge in [-0.15, -0.1) is 0 Å². The van der Waals surface area contributed by atoms with Crippen LogP contribution in [-0.4, -0.2) is 41.7 Å². The van der Waals surface area contributed by atoms with Crippen molar-refractivity contribution in [1.29, 1.82) is 5.26 Å². The van der Waals surface area contributed by atoms with Crippen molar-refractivity contribution < 1.29 is 13.9 Å². The number of alkyl halides is 1.